The normalized spacial score (nSPS) is 14.6. The number of amides is 7. The molecule has 14 nitrogen and oxygen atoms in total. The van der Waals surface area contributed by atoms with Crippen molar-refractivity contribution in [3.8, 4) is 0 Å². The summed E-state index contributed by atoms with van der Waals surface area (Å²) in [5.74, 6) is -3.26. The molecule has 222 valence electrons. The average molecular weight is 591 g/mol. The van der Waals surface area contributed by atoms with Crippen LogP contribution in [0.2, 0.25) is 0 Å². The van der Waals surface area contributed by atoms with Gasteiger partial charge in [-0.25, -0.2) is 4.79 Å². The molecule has 1 aliphatic rings. The number of imide groups is 1. The number of hydrogen-bond donors (Lipinski definition) is 6. The summed E-state index contributed by atoms with van der Waals surface area (Å²) in [5.41, 5.74) is 6.18. The second-order valence-electron chi connectivity index (χ2n) is 9.16. The van der Waals surface area contributed by atoms with Crippen molar-refractivity contribution in [3.05, 3.63) is 42.0 Å². The van der Waals surface area contributed by atoms with Gasteiger partial charge < -0.3 is 31.7 Å². The van der Waals surface area contributed by atoms with Crippen LogP contribution in [0.3, 0.4) is 0 Å². The van der Waals surface area contributed by atoms with Crippen molar-refractivity contribution in [1.29, 1.82) is 0 Å². The third-order valence-electron chi connectivity index (χ3n) is 5.78. The lowest BCUT2D eigenvalue weighted by molar-refractivity contribution is -0.144. The summed E-state index contributed by atoms with van der Waals surface area (Å²) < 4.78 is 5.11. The van der Waals surface area contributed by atoms with Gasteiger partial charge in [-0.15, -0.1) is 0 Å². The van der Waals surface area contributed by atoms with Crippen LogP contribution in [0.25, 0.3) is 0 Å². The fourth-order valence-corrected chi connectivity index (χ4v) is 3.59. The van der Waals surface area contributed by atoms with Gasteiger partial charge in [0.1, 0.15) is 18.7 Å². The summed E-state index contributed by atoms with van der Waals surface area (Å²) >= 11 is 4.01. The highest BCUT2D eigenvalue weighted by molar-refractivity contribution is 7.81. The molecule has 0 spiro atoms. The number of ether oxygens (including phenoxy) is 1. The number of nitrogens with two attached hydrogens (primary N) is 1. The van der Waals surface area contributed by atoms with E-state index in [1.807, 2.05) is 0 Å². The minimum absolute atomic E-state index is 0.0364. The summed E-state index contributed by atoms with van der Waals surface area (Å²) in [5, 5.41) is 9.62. The summed E-state index contributed by atoms with van der Waals surface area (Å²) in [7, 11) is 0. The molecule has 1 aromatic rings. The zero-order valence-corrected chi connectivity index (χ0v) is 23.6. The number of urea groups is 1. The molecule has 0 radical (unpaired) electrons. The molecular formula is C26H34N6O8S. The lowest BCUT2D eigenvalue weighted by Crippen LogP contribution is -2.52. The lowest BCUT2D eigenvalue weighted by Gasteiger charge is -2.22. The Morgan fingerprint density at radius 2 is 1.61 bits per heavy atom. The van der Waals surface area contributed by atoms with Gasteiger partial charge in [0.15, 0.2) is 0 Å². The van der Waals surface area contributed by atoms with Crippen LogP contribution in [-0.2, 0) is 40.1 Å². The van der Waals surface area contributed by atoms with E-state index < -0.39 is 58.9 Å². The van der Waals surface area contributed by atoms with Crippen molar-refractivity contribution in [1.82, 2.24) is 20.9 Å². The van der Waals surface area contributed by atoms with Crippen molar-refractivity contribution in [2.24, 2.45) is 5.73 Å². The van der Waals surface area contributed by atoms with Crippen LogP contribution < -0.4 is 27.0 Å². The van der Waals surface area contributed by atoms with Gasteiger partial charge in [0.25, 0.3) is 11.8 Å². The van der Waals surface area contributed by atoms with E-state index in [1.165, 1.54) is 6.92 Å². The van der Waals surface area contributed by atoms with Gasteiger partial charge >= 0.3 is 12.0 Å². The maximum atomic E-state index is 13.0. The van der Waals surface area contributed by atoms with Gasteiger partial charge in [-0.2, -0.15) is 12.6 Å². The van der Waals surface area contributed by atoms with E-state index in [-0.39, 0.29) is 32.5 Å². The number of nitrogens with one attached hydrogen (secondary N) is 4. The Labute approximate surface area is 242 Å². The number of nitrogens with zero attached hydrogens (tertiary/aromatic N) is 1. The monoisotopic (exact) mass is 590 g/mol. The number of benzene rings is 1. The van der Waals surface area contributed by atoms with Crippen LogP contribution in [0.4, 0.5) is 10.5 Å². The van der Waals surface area contributed by atoms with Crippen molar-refractivity contribution in [3.63, 3.8) is 0 Å². The van der Waals surface area contributed by atoms with E-state index in [4.69, 9.17) is 10.5 Å². The van der Waals surface area contributed by atoms with Gasteiger partial charge in [-0.05, 0) is 44.4 Å². The van der Waals surface area contributed by atoms with Crippen LogP contribution in [-0.4, -0.2) is 76.9 Å². The Balaban J connectivity index is 1.94. The van der Waals surface area contributed by atoms with Crippen molar-refractivity contribution >= 4 is 59.9 Å². The van der Waals surface area contributed by atoms with E-state index in [2.05, 4.69) is 33.9 Å². The standard InChI is InChI=1S/C26H34N6O8S/c1-15(29-20(33)11-13-32-21(34)9-10-22(32)35)23(36)31-19(4-3-12-28-26(27)39)24(37)30-18-7-5-17(6-8-18)14-40-25(38)16(2)41/h5-10,15-16,19,41H,3-4,11-14H2,1-2H3,(H,29,33)(H,30,37)(H,31,36)(H3,27,28,39)/t15-,16?,19-/m0/s1. The molecule has 0 bridgehead atoms. The molecule has 1 aliphatic heterocycles. The van der Waals surface area contributed by atoms with Gasteiger partial charge in [0.2, 0.25) is 17.7 Å². The highest BCUT2D eigenvalue weighted by Gasteiger charge is 2.26. The number of rotatable bonds is 15. The first-order chi connectivity index (χ1) is 19.4. The number of carbonyl (C=O) groups is 7. The molecule has 1 unspecified atom stereocenters. The van der Waals surface area contributed by atoms with Crippen LogP contribution in [0, 0.1) is 0 Å². The average Bonchev–Trinajstić information content (AvgIpc) is 3.24. The second-order valence-corrected chi connectivity index (χ2v) is 9.94. The molecular weight excluding hydrogens is 556 g/mol. The molecule has 7 amide bonds. The van der Waals surface area contributed by atoms with Gasteiger partial charge in [0.05, 0.1) is 5.25 Å². The highest BCUT2D eigenvalue weighted by Crippen LogP contribution is 2.13. The molecule has 1 aromatic carbocycles. The molecule has 15 heteroatoms. The summed E-state index contributed by atoms with van der Waals surface area (Å²) in [4.78, 5) is 84.8. The second kappa shape index (κ2) is 16.0. The lowest BCUT2D eigenvalue weighted by atomic mass is 10.1. The van der Waals surface area contributed by atoms with Crippen molar-refractivity contribution < 1.29 is 38.3 Å². The third kappa shape index (κ3) is 11.3. The first-order valence-electron chi connectivity index (χ1n) is 12.8. The van der Waals surface area contributed by atoms with Crippen molar-refractivity contribution in [2.75, 3.05) is 18.4 Å². The first-order valence-corrected chi connectivity index (χ1v) is 13.3. The van der Waals surface area contributed by atoms with E-state index in [9.17, 15) is 33.6 Å². The van der Waals surface area contributed by atoms with E-state index in [1.54, 1.807) is 31.2 Å². The summed E-state index contributed by atoms with van der Waals surface area (Å²) in [6.07, 6.45) is 2.46. The maximum absolute atomic E-state index is 13.0. The zero-order valence-electron chi connectivity index (χ0n) is 22.7. The Hall–Kier alpha value is -4.40. The van der Waals surface area contributed by atoms with E-state index >= 15 is 0 Å². The molecule has 6 N–H and O–H groups in total. The van der Waals surface area contributed by atoms with E-state index in [0.29, 0.717) is 17.7 Å². The number of thiol groups is 1. The SMILES string of the molecule is CC(S)C(=O)OCc1ccc(NC(=O)[C@H](CCCNC(N)=O)NC(=O)[C@H](C)NC(=O)CCN2C(=O)C=CC2=O)cc1. The zero-order chi connectivity index (χ0) is 30.5. The maximum Gasteiger partial charge on any atom is 0.318 e. The van der Waals surface area contributed by atoms with Crippen LogP contribution in [0.5, 0.6) is 0 Å². The Bertz CT molecular complexity index is 1170. The predicted octanol–water partition coefficient (Wildman–Crippen LogP) is -0.260. The summed E-state index contributed by atoms with van der Waals surface area (Å²) in [6, 6.07) is 3.74. The number of esters is 1. The van der Waals surface area contributed by atoms with Gasteiger partial charge in [-0.1, -0.05) is 12.1 Å². The largest absolute Gasteiger partial charge is 0.460 e. The topological polar surface area (TPSA) is 206 Å². The Morgan fingerprint density at radius 1 is 0.976 bits per heavy atom. The minimum atomic E-state index is -1.04. The predicted molar refractivity (Wildman–Crippen MR) is 150 cm³/mol. The van der Waals surface area contributed by atoms with Crippen molar-refractivity contribution in [2.45, 2.75) is 57.1 Å². The molecule has 0 saturated heterocycles. The first kappa shape index (κ1) is 32.8. The number of primary amides is 1. The number of carbonyl (C=O) groups excluding carboxylic acids is 7. The molecule has 2 rings (SSSR count). The fourth-order valence-electron chi connectivity index (χ4n) is 3.52. The van der Waals surface area contributed by atoms with Crippen LogP contribution in [0.15, 0.2) is 36.4 Å². The molecule has 0 saturated carbocycles. The van der Waals surface area contributed by atoms with Crippen LogP contribution in [0.1, 0.15) is 38.7 Å². The number of anilines is 1. The molecule has 1 heterocycles. The Kier molecular flexibility index (Phi) is 12.8. The molecule has 0 fully saturated rings. The molecule has 0 aromatic heterocycles. The quantitative estimate of drug-likeness (QED) is 0.0693. The third-order valence-corrected chi connectivity index (χ3v) is 5.99. The highest BCUT2D eigenvalue weighted by atomic mass is 32.1. The molecule has 41 heavy (non-hydrogen) atoms. The fraction of sp³-hybridized carbons (Fsp3) is 0.423. The van der Waals surface area contributed by atoms with Gasteiger partial charge in [0, 0.05) is 37.3 Å². The summed E-state index contributed by atoms with van der Waals surface area (Å²) in [6.45, 7) is 3.08. The Morgan fingerprint density at radius 3 is 2.20 bits per heavy atom. The smallest absolute Gasteiger partial charge is 0.318 e. The molecule has 3 atom stereocenters. The van der Waals surface area contributed by atoms with Crippen LogP contribution >= 0.6 is 12.6 Å². The minimum Gasteiger partial charge on any atom is -0.460 e. The van der Waals surface area contributed by atoms with Gasteiger partial charge in [-0.3, -0.25) is 33.7 Å². The van der Waals surface area contributed by atoms with E-state index in [0.717, 1.165) is 17.1 Å². The molecule has 0 aliphatic carbocycles. The number of hydrogen-bond acceptors (Lipinski definition) is 9.